The van der Waals surface area contributed by atoms with Gasteiger partial charge in [-0.15, -0.1) is 0 Å². The lowest BCUT2D eigenvalue weighted by Gasteiger charge is -2.21. The summed E-state index contributed by atoms with van der Waals surface area (Å²) >= 11 is 0. The number of hydrogen-bond acceptors (Lipinski definition) is 4. The third-order valence-corrected chi connectivity index (χ3v) is 4.86. The van der Waals surface area contributed by atoms with E-state index in [1.165, 1.54) is 25.7 Å². The highest BCUT2D eigenvalue weighted by molar-refractivity contribution is 5.94. The Labute approximate surface area is 153 Å². The van der Waals surface area contributed by atoms with Gasteiger partial charge in [0, 0.05) is 37.1 Å². The summed E-state index contributed by atoms with van der Waals surface area (Å²) in [4.78, 5) is 33.9. The van der Waals surface area contributed by atoms with E-state index in [0.717, 1.165) is 30.2 Å². The molecule has 2 aromatic heterocycles. The fourth-order valence-corrected chi connectivity index (χ4v) is 3.38. The van der Waals surface area contributed by atoms with Crippen LogP contribution in [0.3, 0.4) is 0 Å². The minimum Gasteiger partial charge on any atom is -0.357 e. The summed E-state index contributed by atoms with van der Waals surface area (Å²) in [6.45, 7) is 5.96. The van der Waals surface area contributed by atoms with Crippen molar-refractivity contribution in [1.82, 2.24) is 15.3 Å². The third-order valence-electron chi connectivity index (χ3n) is 4.86. The van der Waals surface area contributed by atoms with Crippen LogP contribution in [0.25, 0.3) is 0 Å². The summed E-state index contributed by atoms with van der Waals surface area (Å²) in [6.07, 6.45) is 6.54. The van der Waals surface area contributed by atoms with E-state index in [0.29, 0.717) is 11.1 Å². The Balaban J connectivity index is 1.64. The van der Waals surface area contributed by atoms with E-state index >= 15 is 0 Å². The molecule has 1 saturated heterocycles. The minimum atomic E-state index is -0.223. The highest BCUT2D eigenvalue weighted by atomic mass is 16.1. The lowest BCUT2D eigenvalue weighted by molar-refractivity contribution is 0.0950. The molecule has 1 fully saturated rings. The van der Waals surface area contributed by atoms with Gasteiger partial charge in [-0.3, -0.25) is 9.59 Å². The molecule has 0 spiro atoms. The molecule has 6 nitrogen and oxygen atoms in total. The van der Waals surface area contributed by atoms with Crippen molar-refractivity contribution in [2.75, 3.05) is 18.0 Å². The Morgan fingerprint density at radius 2 is 1.92 bits per heavy atom. The first kappa shape index (κ1) is 18.2. The maximum atomic E-state index is 12.4. The fraction of sp³-hybridized carbons (Fsp3) is 0.450. The van der Waals surface area contributed by atoms with Crippen LogP contribution in [0.15, 0.2) is 29.2 Å². The van der Waals surface area contributed by atoms with Crippen LogP contribution in [-0.2, 0) is 6.54 Å². The summed E-state index contributed by atoms with van der Waals surface area (Å²) in [5, 5.41) is 2.81. The van der Waals surface area contributed by atoms with Crippen molar-refractivity contribution in [2.45, 2.75) is 46.1 Å². The van der Waals surface area contributed by atoms with Crippen LogP contribution >= 0.6 is 0 Å². The molecule has 3 heterocycles. The highest BCUT2D eigenvalue weighted by Gasteiger charge is 2.13. The Morgan fingerprint density at radius 1 is 1.19 bits per heavy atom. The Bertz CT molecular complexity index is 819. The van der Waals surface area contributed by atoms with Crippen LogP contribution in [0.5, 0.6) is 0 Å². The second kappa shape index (κ2) is 8.17. The monoisotopic (exact) mass is 354 g/mol. The van der Waals surface area contributed by atoms with Gasteiger partial charge < -0.3 is 15.2 Å². The summed E-state index contributed by atoms with van der Waals surface area (Å²) in [7, 11) is 0. The molecule has 0 saturated carbocycles. The van der Waals surface area contributed by atoms with Gasteiger partial charge in [-0.05, 0) is 50.5 Å². The molecule has 0 radical (unpaired) electrons. The topological polar surface area (TPSA) is 78.1 Å². The zero-order chi connectivity index (χ0) is 18.5. The standard InChI is InChI=1S/C20H26N4O2/c1-14-11-15(2)23-20(26)17(14)13-22-19(25)16-7-8-18(21-12-16)24-9-5-3-4-6-10-24/h7-8,11-12H,3-6,9-10,13H2,1-2H3,(H,22,25)(H,23,26). The van der Waals surface area contributed by atoms with Crippen LogP contribution in [-0.4, -0.2) is 29.0 Å². The predicted molar refractivity (Wildman–Crippen MR) is 103 cm³/mol. The average molecular weight is 354 g/mol. The largest absolute Gasteiger partial charge is 0.357 e. The molecule has 2 aromatic rings. The number of pyridine rings is 2. The van der Waals surface area contributed by atoms with Crippen molar-refractivity contribution in [3.63, 3.8) is 0 Å². The Hall–Kier alpha value is -2.63. The lowest BCUT2D eigenvalue weighted by atomic mass is 10.1. The second-order valence-electron chi connectivity index (χ2n) is 6.93. The third kappa shape index (κ3) is 4.31. The number of aryl methyl sites for hydroxylation is 2. The van der Waals surface area contributed by atoms with Gasteiger partial charge in [0.2, 0.25) is 0 Å². The number of aromatic amines is 1. The smallest absolute Gasteiger partial charge is 0.253 e. The van der Waals surface area contributed by atoms with E-state index in [1.54, 1.807) is 12.3 Å². The molecule has 26 heavy (non-hydrogen) atoms. The van der Waals surface area contributed by atoms with Crippen molar-refractivity contribution < 1.29 is 4.79 Å². The predicted octanol–water partition coefficient (Wildman–Crippen LogP) is 2.70. The van der Waals surface area contributed by atoms with Gasteiger partial charge >= 0.3 is 0 Å². The van der Waals surface area contributed by atoms with E-state index in [1.807, 2.05) is 26.0 Å². The number of H-pyrrole nitrogens is 1. The van der Waals surface area contributed by atoms with Crippen LogP contribution in [0.4, 0.5) is 5.82 Å². The van der Waals surface area contributed by atoms with E-state index in [4.69, 9.17) is 0 Å². The first-order chi connectivity index (χ1) is 12.5. The van der Waals surface area contributed by atoms with Gasteiger partial charge in [-0.1, -0.05) is 12.8 Å². The van der Waals surface area contributed by atoms with Crippen LogP contribution in [0.1, 0.15) is 52.9 Å². The molecule has 0 aliphatic carbocycles. The number of aromatic nitrogens is 2. The van der Waals surface area contributed by atoms with Crippen LogP contribution in [0.2, 0.25) is 0 Å². The van der Waals surface area contributed by atoms with Gasteiger partial charge in [-0.25, -0.2) is 4.98 Å². The maximum absolute atomic E-state index is 12.4. The molecular formula is C20H26N4O2. The molecule has 0 aromatic carbocycles. The van der Waals surface area contributed by atoms with E-state index in [9.17, 15) is 9.59 Å². The maximum Gasteiger partial charge on any atom is 0.253 e. The van der Waals surface area contributed by atoms with E-state index in [-0.39, 0.29) is 18.0 Å². The molecule has 0 bridgehead atoms. The number of anilines is 1. The van der Waals surface area contributed by atoms with Crippen LogP contribution in [0, 0.1) is 13.8 Å². The van der Waals surface area contributed by atoms with E-state index in [2.05, 4.69) is 20.2 Å². The molecule has 3 rings (SSSR count). The summed E-state index contributed by atoms with van der Waals surface area (Å²) in [5.41, 5.74) is 2.62. The molecule has 0 atom stereocenters. The fourth-order valence-electron chi connectivity index (χ4n) is 3.38. The van der Waals surface area contributed by atoms with Crippen molar-refractivity contribution in [3.05, 3.63) is 57.1 Å². The highest BCUT2D eigenvalue weighted by Crippen LogP contribution is 2.17. The van der Waals surface area contributed by atoms with Crippen molar-refractivity contribution in [2.24, 2.45) is 0 Å². The minimum absolute atomic E-state index is 0.155. The molecule has 2 N–H and O–H groups in total. The molecular weight excluding hydrogens is 328 g/mol. The molecule has 6 heteroatoms. The number of amides is 1. The number of nitrogens with zero attached hydrogens (tertiary/aromatic N) is 2. The summed E-state index contributed by atoms with van der Waals surface area (Å²) < 4.78 is 0. The Kier molecular flexibility index (Phi) is 5.71. The van der Waals surface area contributed by atoms with Crippen molar-refractivity contribution >= 4 is 11.7 Å². The Morgan fingerprint density at radius 3 is 2.54 bits per heavy atom. The number of hydrogen-bond donors (Lipinski definition) is 2. The van der Waals surface area contributed by atoms with Gasteiger partial charge in [-0.2, -0.15) is 0 Å². The number of carbonyl (C=O) groups is 1. The average Bonchev–Trinajstić information content (AvgIpc) is 2.90. The lowest BCUT2D eigenvalue weighted by Crippen LogP contribution is -2.28. The van der Waals surface area contributed by atoms with Crippen LogP contribution < -0.4 is 15.8 Å². The zero-order valence-electron chi connectivity index (χ0n) is 15.5. The number of nitrogens with one attached hydrogen (secondary N) is 2. The van der Waals surface area contributed by atoms with Gasteiger partial charge in [0.05, 0.1) is 5.56 Å². The molecule has 1 amide bonds. The first-order valence-electron chi connectivity index (χ1n) is 9.23. The summed E-state index contributed by atoms with van der Waals surface area (Å²) in [6, 6.07) is 5.61. The molecule has 138 valence electrons. The van der Waals surface area contributed by atoms with Gasteiger partial charge in [0.25, 0.3) is 11.5 Å². The van der Waals surface area contributed by atoms with Gasteiger partial charge in [0.15, 0.2) is 0 Å². The normalized spacial score (nSPS) is 14.8. The van der Waals surface area contributed by atoms with Gasteiger partial charge in [0.1, 0.15) is 5.82 Å². The number of carbonyl (C=O) groups excluding carboxylic acids is 1. The van der Waals surface area contributed by atoms with Crippen molar-refractivity contribution in [1.29, 1.82) is 0 Å². The quantitative estimate of drug-likeness (QED) is 0.885. The molecule has 0 unspecified atom stereocenters. The summed E-state index contributed by atoms with van der Waals surface area (Å²) in [5.74, 6) is 0.702. The zero-order valence-corrected chi connectivity index (χ0v) is 15.5. The molecule has 1 aliphatic rings. The second-order valence-corrected chi connectivity index (χ2v) is 6.93. The number of rotatable bonds is 4. The first-order valence-corrected chi connectivity index (χ1v) is 9.23. The van der Waals surface area contributed by atoms with E-state index < -0.39 is 0 Å². The molecule has 1 aliphatic heterocycles. The van der Waals surface area contributed by atoms with Crippen molar-refractivity contribution in [3.8, 4) is 0 Å². The SMILES string of the molecule is Cc1cc(C)c(CNC(=O)c2ccc(N3CCCCCC3)nc2)c(=O)[nH]1.